The fourth-order valence-electron chi connectivity index (χ4n) is 2.72. The van der Waals surface area contributed by atoms with Gasteiger partial charge in [-0.1, -0.05) is 60.6 Å². The molecule has 0 aliphatic rings. The van der Waals surface area contributed by atoms with Gasteiger partial charge in [-0.15, -0.1) is 0 Å². The number of carbonyl (C=O) groups is 1. The monoisotopic (exact) mass is 490 g/mol. The molecule has 32 heavy (non-hydrogen) atoms. The molecule has 6 nitrogen and oxygen atoms in total. The lowest BCUT2D eigenvalue weighted by Crippen LogP contribution is -2.26. The Balaban J connectivity index is 3.59. The number of hydrogen-bond donors (Lipinski definition) is 2. The van der Waals surface area contributed by atoms with Gasteiger partial charge >= 0.3 is 0 Å². The van der Waals surface area contributed by atoms with E-state index in [2.05, 4.69) is 56.4 Å². The van der Waals surface area contributed by atoms with E-state index in [4.69, 9.17) is 14.2 Å². The largest absolute Gasteiger partial charge is 0.379 e. The van der Waals surface area contributed by atoms with Gasteiger partial charge < -0.3 is 24.8 Å². The smallest absolute Gasteiger partial charge is 0.223 e. The maximum atomic E-state index is 11.7. The molecule has 0 radical (unpaired) electrons. The fraction of sp³-hybridized carbons (Fsp3) is 0.875. The van der Waals surface area contributed by atoms with E-state index in [1.165, 1.54) is 0 Å². The summed E-state index contributed by atoms with van der Waals surface area (Å²) in [7, 11) is 3.51. The van der Waals surface area contributed by atoms with E-state index in [0.29, 0.717) is 58.0 Å². The summed E-state index contributed by atoms with van der Waals surface area (Å²) < 4.78 is 17.0. The molecule has 0 bridgehead atoms. The van der Waals surface area contributed by atoms with Crippen LogP contribution >= 0.6 is 21.6 Å². The fourth-order valence-corrected chi connectivity index (χ4v) is 4.44. The van der Waals surface area contributed by atoms with Gasteiger partial charge in [0.15, 0.2) is 0 Å². The summed E-state index contributed by atoms with van der Waals surface area (Å²) in [6, 6.07) is 0.575. The Bertz CT molecular complexity index is 500. The normalized spacial score (nSPS) is 13.8. The van der Waals surface area contributed by atoms with E-state index in [9.17, 15) is 4.79 Å². The number of rotatable bonds is 21. The third kappa shape index (κ3) is 21.4. The minimum atomic E-state index is -0.0338. The van der Waals surface area contributed by atoms with E-state index >= 15 is 0 Å². The maximum absolute atomic E-state index is 11.7. The first-order valence-corrected chi connectivity index (χ1v) is 14.6. The van der Waals surface area contributed by atoms with Crippen molar-refractivity contribution in [2.45, 2.75) is 77.7 Å². The molecule has 3 unspecified atom stereocenters. The second-order valence-electron chi connectivity index (χ2n) is 7.73. The van der Waals surface area contributed by atoms with E-state index in [-0.39, 0.29) is 11.3 Å². The standard InChI is InChI=1S/C24H46N2O4S2/c1-6-10-21(3)11-8-15-26-23(27)13-16-28-17-18-29-19-20-30-24(32-31-5)12-9-14-25-22(4)7-2/h21-22,24-25H,6-7,9-10,12-20H2,1-5H3,(H,26,27). The van der Waals surface area contributed by atoms with E-state index in [0.717, 1.165) is 38.6 Å². The Kier molecular flexibility index (Phi) is 23.4. The Morgan fingerprint density at radius 1 is 1.03 bits per heavy atom. The van der Waals surface area contributed by atoms with Crippen LogP contribution < -0.4 is 10.6 Å². The molecule has 0 saturated heterocycles. The van der Waals surface area contributed by atoms with Crippen molar-refractivity contribution in [3.05, 3.63) is 0 Å². The van der Waals surface area contributed by atoms with Gasteiger partial charge in [-0.3, -0.25) is 4.79 Å². The van der Waals surface area contributed by atoms with Crippen molar-refractivity contribution in [3.63, 3.8) is 0 Å². The molecule has 0 heterocycles. The molecule has 0 aliphatic carbocycles. The summed E-state index contributed by atoms with van der Waals surface area (Å²) in [6.45, 7) is 12.6. The molecule has 0 spiro atoms. The van der Waals surface area contributed by atoms with Gasteiger partial charge in [0.2, 0.25) is 5.91 Å². The molecular formula is C24H46N2O4S2. The average Bonchev–Trinajstić information content (AvgIpc) is 2.78. The summed E-state index contributed by atoms with van der Waals surface area (Å²) in [5, 5.41) is 6.32. The predicted molar refractivity (Wildman–Crippen MR) is 139 cm³/mol. The van der Waals surface area contributed by atoms with Crippen molar-refractivity contribution in [1.29, 1.82) is 0 Å². The Morgan fingerprint density at radius 2 is 1.75 bits per heavy atom. The summed E-state index contributed by atoms with van der Waals surface area (Å²) >= 11 is 0. The van der Waals surface area contributed by atoms with Crippen LogP contribution in [0.5, 0.6) is 0 Å². The van der Waals surface area contributed by atoms with Gasteiger partial charge in [0.1, 0.15) is 5.44 Å². The topological polar surface area (TPSA) is 68.8 Å². The number of carbonyl (C=O) groups excluding carboxylic acids is 1. The molecule has 1 amide bonds. The summed E-state index contributed by atoms with van der Waals surface area (Å²) in [6.07, 6.45) is 7.93. The molecule has 3 atom stereocenters. The van der Waals surface area contributed by atoms with Gasteiger partial charge in [0, 0.05) is 18.4 Å². The molecule has 0 aliphatic heterocycles. The van der Waals surface area contributed by atoms with Crippen LogP contribution in [0.25, 0.3) is 0 Å². The van der Waals surface area contributed by atoms with Crippen LogP contribution in [-0.2, 0) is 19.0 Å². The highest BCUT2D eigenvalue weighted by Crippen LogP contribution is 2.27. The molecule has 0 aromatic carbocycles. The Morgan fingerprint density at radius 3 is 2.44 bits per heavy atom. The third-order valence-electron chi connectivity index (χ3n) is 4.75. The predicted octanol–water partition coefficient (Wildman–Crippen LogP) is 4.49. The van der Waals surface area contributed by atoms with Gasteiger partial charge in [0.05, 0.1) is 39.6 Å². The summed E-state index contributed by atoms with van der Waals surface area (Å²) in [5.41, 5.74) is 0.196. The van der Waals surface area contributed by atoms with Crippen molar-refractivity contribution < 1.29 is 19.0 Å². The zero-order chi connectivity index (χ0) is 23.9. The van der Waals surface area contributed by atoms with Crippen molar-refractivity contribution in [3.8, 4) is 11.8 Å². The quantitative estimate of drug-likeness (QED) is 0.106. The first kappa shape index (κ1) is 31.6. The van der Waals surface area contributed by atoms with Crippen LogP contribution in [0.15, 0.2) is 0 Å². The van der Waals surface area contributed by atoms with Crippen molar-refractivity contribution in [2.24, 2.45) is 5.92 Å². The van der Waals surface area contributed by atoms with Crippen molar-refractivity contribution >= 4 is 27.5 Å². The number of ether oxygens (including phenoxy) is 3. The van der Waals surface area contributed by atoms with Crippen molar-refractivity contribution in [2.75, 3.05) is 52.4 Å². The van der Waals surface area contributed by atoms with Crippen molar-refractivity contribution in [1.82, 2.24) is 10.6 Å². The average molecular weight is 491 g/mol. The molecule has 0 saturated carbocycles. The number of amides is 1. The Hall–Kier alpha value is -0.430. The van der Waals surface area contributed by atoms with Crippen LogP contribution in [0.3, 0.4) is 0 Å². The molecule has 0 aromatic heterocycles. The molecule has 8 heteroatoms. The maximum Gasteiger partial charge on any atom is 0.223 e. The minimum Gasteiger partial charge on any atom is -0.379 e. The van der Waals surface area contributed by atoms with Gasteiger partial charge in [-0.05, 0) is 45.4 Å². The lowest BCUT2D eigenvalue weighted by atomic mass is 10.1. The summed E-state index contributed by atoms with van der Waals surface area (Å²) in [4.78, 5) is 11.7. The highest BCUT2D eigenvalue weighted by Gasteiger charge is 2.09. The first-order valence-electron chi connectivity index (χ1n) is 12.0. The van der Waals surface area contributed by atoms with Gasteiger partial charge in [-0.2, -0.15) is 0 Å². The summed E-state index contributed by atoms with van der Waals surface area (Å²) in [5.74, 6) is 6.50. The molecule has 0 rings (SSSR count). The highest BCUT2D eigenvalue weighted by molar-refractivity contribution is 8.76. The number of nitrogens with one attached hydrogen (secondary N) is 2. The van der Waals surface area contributed by atoms with Gasteiger partial charge in [-0.25, -0.2) is 0 Å². The van der Waals surface area contributed by atoms with Crippen LogP contribution in [0.4, 0.5) is 0 Å². The lowest BCUT2D eigenvalue weighted by Gasteiger charge is -2.17. The van der Waals surface area contributed by atoms with Crippen LogP contribution in [0.2, 0.25) is 0 Å². The Labute approximate surface area is 204 Å². The van der Waals surface area contributed by atoms with Crippen LogP contribution in [0, 0.1) is 17.8 Å². The number of hydrogen-bond acceptors (Lipinski definition) is 7. The zero-order valence-corrected chi connectivity index (χ0v) is 22.5. The second-order valence-corrected chi connectivity index (χ2v) is 10.4. The third-order valence-corrected chi connectivity index (χ3v) is 6.75. The van der Waals surface area contributed by atoms with Crippen LogP contribution in [0.1, 0.15) is 66.2 Å². The minimum absolute atomic E-state index is 0.0338. The van der Waals surface area contributed by atoms with Gasteiger partial charge in [0.25, 0.3) is 0 Å². The SMILES string of the molecule is CCCC(C)C#CCNC(=O)CCOCCOCCOC(CCCNC(C)CC)SSC. The molecular weight excluding hydrogens is 444 g/mol. The lowest BCUT2D eigenvalue weighted by molar-refractivity contribution is -0.122. The molecule has 0 aromatic rings. The molecule has 0 fully saturated rings. The van der Waals surface area contributed by atoms with E-state index in [1.807, 2.05) is 0 Å². The van der Waals surface area contributed by atoms with E-state index in [1.54, 1.807) is 21.6 Å². The second kappa shape index (κ2) is 23.7. The first-order chi connectivity index (χ1) is 15.5. The molecule has 2 N–H and O–H groups in total. The van der Waals surface area contributed by atoms with E-state index < -0.39 is 0 Å². The molecule has 188 valence electrons. The highest BCUT2D eigenvalue weighted by atomic mass is 33.1. The zero-order valence-electron chi connectivity index (χ0n) is 20.9. The van der Waals surface area contributed by atoms with Crippen LogP contribution in [-0.4, -0.2) is 69.8 Å².